The average molecular weight is 350 g/mol. The van der Waals surface area contributed by atoms with E-state index in [-0.39, 0.29) is 11.9 Å². The number of para-hydroxylation sites is 1. The molecule has 134 valence electrons. The van der Waals surface area contributed by atoms with Crippen LogP contribution in [0.25, 0.3) is 11.0 Å². The standard InChI is InChI=1S/C21H22N2O3/c24-21(20-14-17-8-4-5-9-19(17)26-20)22-15-18(16-6-2-1-3-7-16)23-10-12-25-13-11-23/h1-9,14,18H,10-13,15H2,(H,22,24)/t18-/m1/s1. The van der Waals surface area contributed by atoms with Crippen LogP contribution >= 0.6 is 0 Å². The van der Waals surface area contributed by atoms with Gasteiger partial charge in [0.05, 0.1) is 19.3 Å². The van der Waals surface area contributed by atoms with Crippen molar-refractivity contribution in [1.82, 2.24) is 10.2 Å². The molecule has 0 bridgehead atoms. The summed E-state index contributed by atoms with van der Waals surface area (Å²) in [5, 5.41) is 3.98. The molecule has 2 heterocycles. The Bertz CT molecular complexity index is 836. The molecule has 0 saturated carbocycles. The first-order valence-corrected chi connectivity index (χ1v) is 8.95. The van der Waals surface area contributed by atoms with Gasteiger partial charge in [-0.3, -0.25) is 9.69 Å². The van der Waals surface area contributed by atoms with Crippen LogP contribution in [0.1, 0.15) is 22.2 Å². The van der Waals surface area contributed by atoms with E-state index >= 15 is 0 Å². The fraction of sp³-hybridized carbons (Fsp3) is 0.286. The Hall–Kier alpha value is -2.63. The summed E-state index contributed by atoms with van der Waals surface area (Å²) in [5.74, 6) is 0.162. The second kappa shape index (κ2) is 7.72. The van der Waals surface area contributed by atoms with E-state index in [2.05, 4.69) is 22.3 Å². The maximum atomic E-state index is 12.6. The predicted octanol–water partition coefficient (Wildman–Crippen LogP) is 3.24. The van der Waals surface area contributed by atoms with Crippen LogP contribution in [0.2, 0.25) is 0 Å². The van der Waals surface area contributed by atoms with Crippen molar-refractivity contribution in [1.29, 1.82) is 0 Å². The number of fused-ring (bicyclic) bond motifs is 1. The first kappa shape index (κ1) is 16.8. The molecule has 1 fully saturated rings. The summed E-state index contributed by atoms with van der Waals surface area (Å²) < 4.78 is 11.1. The van der Waals surface area contributed by atoms with Crippen molar-refractivity contribution in [3.05, 3.63) is 72.0 Å². The monoisotopic (exact) mass is 350 g/mol. The molecular formula is C21H22N2O3. The molecule has 3 aromatic rings. The Balaban J connectivity index is 1.49. The Morgan fingerprint density at radius 1 is 1.04 bits per heavy atom. The first-order valence-electron chi connectivity index (χ1n) is 8.95. The normalized spacial score (nSPS) is 16.5. The van der Waals surface area contributed by atoms with Crippen molar-refractivity contribution in [2.75, 3.05) is 32.8 Å². The van der Waals surface area contributed by atoms with E-state index in [0.29, 0.717) is 12.3 Å². The van der Waals surface area contributed by atoms with E-state index in [1.807, 2.05) is 42.5 Å². The molecule has 0 spiro atoms. The summed E-state index contributed by atoms with van der Waals surface area (Å²) in [4.78, 5) is 14.9. The van der Waals surface area contributed by atoms with Gasteiger partial charge in [0, 0.05) is 25.0 Å². The van der Waals surface area contributed by atoms with E-state index in [9.17, 15) is 4.79 Å². The van der Waals surface area contributed by atoms with Gasteiger partial charge in [-0.05, 0) is 17.7 Å². The van der Waals surface area contributed by atoms with Gasteiger partial charge < -0.3 is 14.5 Å². The molecule has 1 aliphatic rings. The lowest BCUT2D eigenvalue weighted by molar-refractivity contribution is 0.0161. The van der Waals surface area contributed by atoms with Crippen molar-refractivity contribution in [2.24, 2.45) is 0 Å². The van der Waals surface area contributed by atoms with E-state index < -0.39 is 0 Å². The van der Waals surface area contributed by atoms with Gasteiger partial charge in [-0.25, -0.2) is 0 Å². The van der Waals surface area contributed by atoms with Gasteiger partial charge >= 0.3 is 0 Å². The predicted molar refractivity (Wildman–Crippen MR) is 100 cm³/mol. The van der Waals surface area contributed by atoms with E-state index in [0.717, 1.165) is 37.3 Å². The molecule has 26 heavy (non-hydrogen) atoms. The van der Waals surface area contributed by atoms with E-state index in [1.165, 1.54) is 5.56 Å². The molecule has 1 N–H and O–H groups in total. The Labute approximate surface area is 152 Å². The summed E-state index contributed by atoms with van der Waals surface area (Å²) >= 11 is 0. The average Bonchev–Trinajstić information content (AvgIpc) is 3.14. The molecule has 0 radical (unpaired) electrons. The van der Waals surface area contributed by atoms with Gasteiger partial charge in [0.25, 0.3) is 5.91 Å². The SMILES string of the molecule is O=C(NC[C@H](c1ccccc1)N1CCOCC1)c1cc2ccccc2o1. The Kier molecular flexibility index (Phi) is 5.00. The third-order valence-corrected chi connectivity index (χ3v) is 4.78. The number of hydrogen-bond donors (Lipinski definition) is 1. The summed E-state index contributed by atoms with van der Waals surface area (Å²) in [6.45, 7) is 3.70. The maximum absolute atomic E-state index is 12.6. The number of ether oxygens (including phenoxy) is 1. The molecule has 4 rings (SSSR count). The van der Waals surface area contributed by atoms with E-state index in [1.54, 1.807) is 6.07 Å². The van der Waals surface area contributed by atoms with Gasteiger partial charge in [0.2, 0.25) is 0 Å². The van der Waals surface area contributed by atoms with Crippen molar-refractivity contribution in [2.45, 2.75) is 6.04 Å². The summed E-state index contributed by atoms with van der Waals surface area (Å²) in [6.07, 6.45) is 0. The Morgan fingerprint density at radius 3 is 2.54 bits per heavy atom. The van der Waals surface area contributed by atoms with Crippen molar-refractivity contribution in [3.63, 3.8) is 0 Å². The minimum absolute atomic E-state index is 0.119. The van der Waals surface area contributed by atoms with Crippen LogP contribution in [-0.2, 0) is 4.74 Å². The van der Waals surface area contributed by atoms with Crippen LogP contribution in [0, 0.1) is 0 Å². The summed E-state index contributed by atoms with van der Waals surface area (Å²) in [7, 11) is 0. The maximum Gasteiger partial charge on any atom is 0.287 e. The second-order valence-electron chi connectivity index (χ2n) is 6.43. The first-order chi connectivity index (χ1) is 12.8. The van der Waals surface area contributed by atoms with Crippen LogP contribution in [0.15, 0.2) is 65.1 Å². The Morgan fingerprint density at radius 2 is 1.77 bits per heavy atom. The topological polar surface area (TPSA) is 54.7 Å². The summed E-state index contributed by atoms with van der Waals surface area (Å²) in [5.41, 5.74) is 1.92. The largest absolute Gasteiger partial charge is 0.451 e. The number of carbonyl (C=O) groups excluding carboxylic acids is 1. The highest BCUT2D eigenvalue weighted by Crippen LogP contribution is 2.22. The zero-order valence-electron chi connectivity index (χ0n) is 14.6. The fourth-order valence-corrected chi connectivity index (χ4v) is 3.39. The third kappa shape index (κ3) is 3.64. The highest BCUT2D eigenvalue weighted by Gasteiger charge is 2.23. The molecule has 1 saturated heterocycles. The van der Waals surface area contributed by atoms with Gasteiger partial charge in [-0.15, -0.1) is 0 Å². The minimum atomic E-state index is -0.185. The number of hydrogen-bond acceptors (Lipinski definition) is 4. The number of benzene rings is 2. The van der Waals surface area contributed by atoms with Crippen LogP contribution in [-0.4, -0.2) is 43.7 Å². The molecule has 5 nitrogen and oxygen atoms in total. The number of morpholine rings is 1. The molecule has 1 amide bonds. The van der Waals surface area contributed by atoms with Crippen LogP contribution in [0.4, 0.5) is 0 Å². The molecule has 0 aliphatic carbocycles. The lowest BCUT2D eigenvalue weighted by Gasteiger charge is -2.34. The highest BCUT2D eigenvalue weighted by molar-refractivity contribution is 5.96. The molecule has 2 aromatic carbocycles. The van der Waals surface area contributed by atoms with Crippen LogP contribution in [0.5, 0.6) is 0 Å². The van der Waals surface area contributed by atoms with Crippen molar-refractivity contribution in [3.8, 4) is 0 Å². The lowest BCUT2D eigenvalue weighted by Crippen LogP contribution is -2.43. The molecule has 1 atom stereocenters. The van der Waals surface area contributed by atoms with Gasteiger partial charge in [0.15, 0.2) is 5.76 Å². The molecule has 5 heteroatoms. The van der Waals surface area contributed by atoms with Crippen LogP contribution < -0.4 is 5.32 Å². The van der Waals surface area contributed by atoms with Crippen molar-refractivity contribution >= 4 is 16.9 Å². The van der Waals surface area contributed by atoms with E-state index in [4.69, 9.17) is 9.15 Å². The van der Waals surface area contributed by atoms with Gasteiger partial charge in [-0.1, -0.05) is 48.5 Å². The molecule has 1 aromatic heterocycles. The fourth-order valence-electron chi connectivity index (χ4n) is 3.39. The molecule has 1 aliphatic heterocycles. The highest BCUT2D eigenvalue weighted by atomic mass is 16.5. The summed E-state index contributed by atoms with van der Waals surface area (Å²) in [6, 6.07) is 19.8. The molecular weight excluding hydrogens is 328 g/mol. The quantitative estimate of drug-likeness (QED) is 0.768. The number of furan rings is 1. The lowest BCUT2D eigenvalue weighted by atomic mass is 10.0. The molecule has 0 unspecified atom stereocenters. The van der Waals surface area contributed by atoms with Gasteiger partial charge in [0.1, 0.15) is 5.58 Å². The number of nitrogens with one attached hydrogen (secondary N) is 1. The smallest absolute Gasteiger partial charge is 0.287 e. The number of carbonyl (C=O) groups is 1. The number of amides is 1. The zero-order valence-corrected chi connectivity index (χ0v) is 14.6. The third-order valence-electron chi connectivity index (χ3n) is 4.78. The zero-order chi connectivity index (χ0) is 17.8. The number of nitrogens with zero attached hydrogens (tertiary/aromatic N) is 1. The minimum Gasteiger partial charge on any atom is -0.451 e. The van der Waals surface area contributed by atoms with Crippen LogP contribution in [0.3, 0.4) is 0 Å². The van der Waals surface area contributed by atoms with Crippen molar-refractivity contribution < 1.29 is 13.9 Å². The number of rotatable bonds is 5. The van der Waals surface area contributed by atoms with Gasteiger partial charge in [-0.2, -0.15) is 0 Å². The second-order valence-corrected chi connectivity index (χ2v) is 6.43.